The molecule has 1 heterocycles. The van der Waals surface area contributed by atoms with Crippen LogP contribution in [0.25, 0.3) is 0 Å². The van der Waals surface area contributed by atoms with E-state index in [0.717, 1.165) is 19.6 Å². The van der Waals surface area contributed by atoms with Crippen LogP contribution in [-0.2, 0) is 10.2 Å². The number of hydrogen-bond donors (Lipinski definition) is 1. The molecule has 0 aromatic carbocycles. The maximum Gasteiger partial charge on any atom is 0.0985 e. The van der Waals surface area contributed by atoms with Gasteiger partial charge in [0, 0.05) is 36.6 Å². The monoisotopic (exact) mass is 312 g/mol. The molecular weight excluding hydrogens is 280 g/mol. The molecule has 3 nitrogen and oxygen atoms in total. The minimum atomic E-state index is 0.130. The Morgan fingerprint density at radius 1 is 1.24 bits per heavy atom. The van der Waals surface area contributed by atoms with Crippen molar-refractivity contribution in [3.05, 3.63) is 15.6 Å². The Morgan fingerprint density at radius 3 is 2.33 bits per heavy atom. The van der Waals surface area contributed by atoms with Crippen LogP contribution in [0.15, 0.2) is 0 Å². The number of rotatable bonds is 7. The smallest absolute Gasteiger partial charge is 0.0985 e. The van der Waals surface area contributed by atoms with Gasteiger partial charge in [-0.1, -0.05) is 34.6 Å². The van der Waals surface area contributed by atoms with Gasteiger partial charge in [0.15, 0.2) is 0 Å². The molecule has 0 amide bonds. The normalized spacial score (nSPS) is 14.5. The second kappa shape index (κ2) is 7.21. The molecule has 1 aromatic heterocycles. The molecule has 0 spiro atoms. The molecule has 4 heteroatoms. The average molecular weight is 313 g/mol. The molecule has 0 aliphatic heterocycles. The van der Waals surface area contributed by atoms with Crippen LogP contribution < -0.4 is 5.32 Å². The highest BCUT2D eigenvalue weighted by molar-refractivity contribution is 7.12. The van der Waals surface area contributed by atoms with E-state index >= 15 is 0 Å². The minimum absolute atomic E-state index is 0.130. The minimum Gasteiger partial charge on any atom is -0.385 e. The zero-order valence-corrected chi connectivity index (χ0v) is 15.8. The fourth-order valence-electron chi connectivity index (χ4n) is 2.12. The number of aryl methyl sites for hydroxylation is 1. The summed E-state index contributed by atoms with van der Waals surface area (Å²) in [7, 11) is 1.76. The Morgan fingerprint density at radius 2 is 1.86 bits per heavy atom. The standard InChI is InChI=1S/C17H32N2OS/c1-12(18-11-17(6,7)9-10-20-8)14-13(2)19-15(21-14)16(3,4)5/h12,18H,9-11H2,1-8H3. The van der Waals surface area contributed by atoms with Crippen molar-refractivity contribution in [1.29, 1.82) is 0 Å². The van der Waals surface area contributed by atoms with Crippen LogP contribution in [0, 0.1) is 12.3 Å². The molecule has 1 aromatic rings. The van der Waals surface area contributed by atoms with Gasteiger partial charge in [0.05, 0.1) is 10.7 Å². The van der Waals surface area contributed by atoms with Gasteiger partial charge >= 0.3 is 0 Å². The second-order valence-corrected chi connectivity index (χ2v) is 8.76. The van der Waals surface area contributed by atoms with Crippen molar-refractivity contribution in [3.63, 3.8) is 0 Å². The fourth-order valence-corrected chi connectivity index (χ4v) is 3.27. The van der Waals surface area contributed by atoms with E-state index in [1.165, 1.54) is 15.6 Å². The third-order valence-electron chi connectivity index (χ3n) is 3.74. The maximum absolute atomic E-state index is 5.19. The first-order chi connectivity index (χ1) is 9.57. The largest absolute Gasteiger partial charge is 0.385 e. The predicted molar refractivity (Wildman–Crippen MR) is 92.2 cm³/mol. The molecular formula is C17H32N2OS. The van der Waals surface area contributed by atoms with Crippen LogP contribution in [0.5, 0.6) is 0 Å². The van der Waals surface area contributed by atoms with Gasteiger partial charge in [0.2, 0.25) is 0 Å². The van der Waals surface area contributed by atoms with Crippen LogP contribution in [0.4, 0.5) is 0 Å². The van der Waals surface area contributed by atoms with Crippen molar-refractivity contribution in [2.45, 2.75) is 66.3 Å². The SMILES string of the molecule is COCCC(C)(C)CNC(C)c1sc(C(C)(C)C)nc1C. The van der Waals surface area contributed by atoms with E-state index in [-0.39, 0.29) is 10.8 Å². The quantitative estimate of drug-likeness (QED) is 0.807. The molecule has 0 aliphatic rings. The number of nitrogens with one attached hydrogen (secondary N) is 1. The number of thiazole rings is 1. The Labute approximate surface area is 134 Å². The topological polar surface area (TPSA) is 34.1 Å². The fraction of sp³-hybridized carbons (Fsp3) is 0.824. The first-order valence-corrected chi connectivity index (χ1v) is 8.58. The zero-order chi connectivity index (χ0) is 16.3. The Hall–Kier alpha value is -0.450. The lowest BCUT2D eigenvalue weighted by Gasteiger charge is -2.26. The van der Waals surface area contributed by atoms with Gasteiger partial charge in [-0.15, -0.1) is 11.3 Å². The van der Waals surface area contributed by atoms with Crippen molar-refractivity contribution in [3.8, 4) is 0 Å². The molecule has 0 aliphatic carbocycles. The summed E-state index contributed by atoms with van der Waals surface area (Å²) in [5.74, 6) is 0. The van der Waals surface area contributed by atoms with Crippen LogP contribution >= 0.6 is 11.3 Å². The average Bonchev–Trinajstić information content (AvgIpc) is 2.76. The van der Waals surface area contributed by atoms with E-state index in [9.17, 15) is 0 Å². The van der Waals surface area contributed by atoms with E-state index < -0.39 is 0 Å². The molecule has 1 unspecified atom stereocenters. The summed E-state index contributed by atoms with van der Waals surface area (Å²) in [6.07, 6.45) is 1.07. The number of aromatic nitrogens is 1. The lowest BCUT2D eigenvalue weighted by Crippen LogP contribution is -2.32. The lowest BCUT2D eigenvalue weighted by atomic mass is 9.89. The first kappa shape index (κ1) is 18.6. The molecule has 0 fully saturated rings. The van der Waals surface area contributed by atoms with Gasteiger partial charge in [-0.2, -0.15) is 0 Å². The van der Waals surface area contributed by atoms with E-state index in [4.69, 9.17) is 9.72 Å². The summed E-state index contributed by atoms with van der Waals surface area (Å²) < 4.78 is 5.19. The molecule has 1 N–H and O–H groups in total. The zero-order valence-electron chi connectivity index (χ0n) is 15.0. The predicted octanol–water partition coefficient (Wildman–Crippen LogP) is 4.46. The summed E-state index contributed by atoms with van der Waals surface area (Å²) in [5.41, 5.74) is 1.54. The highest BCUT2D eigenvalue weighted by Crippen LogP contribution is 2.33. The Bertz CT molecular complexity index is 446. The maximum atomic E-state index is 5.19. The Kier molecular flexibility index (Phi) is 6.38. The summed E-state index contributed by atoms with van der Waals surface area (Å²) in [6, 6.07) is 0.348. The molecule has 0 radical (unpaired) electrons. The number of ether oxygens (including phenoxy) is 1. The molecule has 1 rings (SSSR count). The Balaban J connectivity index is 2.68. The summed E-state index contributed by atoms with van der Waals surface area (Å²) >= 11 is 1.84. The van der Waals surface area contributed by atoms with Gasteiger partial charge in [-0.3, -0.25) is 0 Å². The molecule has 122 valence electrons. The highest BCUT2D eigenvalue weighted by atomic mass is 32.1. The van der Waals surface area contributed by atoms with Crippen LogP contribution in [0.2, 0.25) is 0 Å². The third-order valence-corrected chi connectivity index (χ3v) is 5.50. The van der Waals surface area contributed by atoms with Gasteiger partial charge in [-0.25, -0.2) is 4.98 Å². The van der Waals surface area contributed by atoms with E-state index in [1.54, 1.807) is 7.11 Å². The van der Waals surface area contributed by atoms with Crippen molar-refractivity contribution in [2.24, 2.45) is 5.41 Å². The van der Waals surface area contributed by atoms with Crippen LogP contribution in [-0.4, -0.2) is 25.2 Å². The molecule has 0 saturated carbocycles. The summed E-state index contributed by atoms with van der Waals surface area (Å²) in [4.78, 5) is 6.12. The van der Waals surface area contributed by atoms with Crippen molar-refractivity contribution >= 4 is 11.3 Å². The van der Waals surface area contributed by atoms with Crippen molar-refractivity contribution < 1.29 is 4.74 Å². The van der Waals surface area contributed by atoms with Crippen molar-refractivity contribution in [2.75, 3.05) is 20.3 Å². The van der Waals surface area contributed by atoms with Crippen molar-refractivity contribution in [1.82, 2.24) is 10.3 Å². The van der Waals surface area contributed by atoms with Crippen LogP contribution in [0.1, 0.15) is 69.6 Å². The first-order valence-electron chi connectivity index (χ1n) is 7.77. The van der Waals surface area contributed by atoms with Crippen LogP contribution in [0.3, 0.4) is 0 Å². The lowest BCUT2D eigenvalue weighted by molar-refractivity contribution is 0.149. The van der Waals surface area contributed by atoms with Gasteiger partial charge in [-0.05, 0) is 25.7 Å². The number of hydrogen-bond acceptors (Lipinski definition) is 4. The highest BCUT2D eigenvalue weighted by Gasteiger charge is 2.24. The second-order valence-electron chi connectivity index (χ2n) is 7.73. The van der Waals surface area contributed by atoms with Gasteiger partial charge < -0.3 is 10.1 Å². The molecule has 21 heavy (non-hydrogen) atoms. The number of methoxy groups -OCH3 is 1. The number of nitrogens with zero attached hydrogens (tertiary/aromatic N) is 1. The molecule has 0 saturated heterocycles. The summed E-state index contributed by atoms with van der Waals surface area (Å²) in [5, 5.41) is 4.89. The van der Waals surface area contributed by atoms with E-state index in [0.29, 0.717) is 6.04 Å². The van der Waals surface area contributed by atoms with Gasteiger partial charge in [0.25, 0.3) is 0 Å². The third kappa shape index (κ3) is 5.68. The molecule has 0 bridgehead atoms. The molecule has 1 atom stereocenters. The van der Waals surface area contributed by atoms with E-state index in [2.05, 4.69) is 53.8 Å². The van der Waals surface area contributed by atoms with E-state index in [1.807, 2.05) is 11.3 Å². The summed E-state index contributed by atoms with van der Waals surface area (Å²) in [6.45, 7) is 17.4. The van der Waals surface area contributed by atoms with Gasteiger partial charge in [0.1, 0.15) is 0 Å².